The van der Waals surface area contributed by atoms with Gasteiger partial charge in [-0.3, -0.25) is 4.98 Å². The molecule has 0 fully saturated rings. The van der Waals surface area contributed by atoms with Crippen LogP contribution in [-0.2, 0) is 0 Å². The van der Waals surface area contributed by atoms with Crippen LogP contribution in [0.5, 0.6) is 0 Å². The lowest BCUT2D eigenvalue weighted by Gasteiger charge is -1.90. The summed E-state index contributed by atoms with van der Waals surface area (Å²) in [7, 11) is 0. The molecule has 0 N–H and O–H groups in total. The van der Waals surface area contributed by atoms with Gasteiger partial charge in [-0.25, -0.2) is 4.98 Å². The summed E-state index contributed by atoms with van der Waals surface area (Å²) in [6, 6.07) is 2.01. The van der Waals surface area contributed by atoms with Gasteiger partial charge in [0, 0.05) is 12.4 Å². The number of thioether (sulfide) groups is 1. The van der Waals surface area contributed by atoms with Gasteiger partial charge in [0.2, 0.25) is 0 Å². The van der Waals surface area contributed by atoms with Crippen molar-refractivity contribution in [2.24, 2.45) is 0 Å². The van der Waals surface area contributed by atoms with Gasteiger partial charge in [-0.05, 0) is 0 Å². The first-order valence-corrected chi connectivity index (χ1v) is 3.68. The molecule has 0 aliphatic rings. The van der Waals surface area contributed by atoms with Gasteiger partial charge >= 0.3 is 0 Å². The third kappa shape index (κ3) is 2.03. The van der Waals surface area contributed by atoms with Crippen molar-refractivity contribution in [1.29, 1.82) is 5.26 Å². The number of nitriles is 1. The van der Waals surface area contributed by atoms with Crippen LogP contribution in [0.2, 0.25) is 0 Å². The fourth-order valence-corrected chi connectivity index (χ4v) is 0.949. The monoisotopic (exact) mass is 151 g/mol. The molecule has 0 atom stereocenters. The SMILES string of the molecule is N#CCSc1cnccn1. The van der Waals surface area contributed by atoms with Gasteiger partial charge in [0.05, 0.1) is 18.0 Å². The molecule has 1 rings (SSSR count). The zero-order valence-electron chi connectivity index (χ0n) is 5.19. The minimum Gasteiger partial charge on any atom is -0.260 e. The lowest BCUT2D eigenvalue weighted by atomic mass is 10.8. The molecule has 3 nitrogen and oxygen atoms in total. The van der Waals surface area contributed by atoms with Crippen molar-refractivity contribution < 1.29 is 0 Å². The second-order valence-corrected chi connectivity index (χ2v) is 2.49. The molecular formula is C6H5N3S. The molecule has 1 heterocycles. The second kappa shape index (κ2) is 3.85. The van der Waals surface area contributed by atoms with Gasteiger partial charge in [0.15, 0.2) is 0 Å². The first kappa shape index (κ1) is 7.03. The predicted octanol–water partition coefficient (Wildman–Crippen LogP) is 1.09. The van der Waals surface area contributed by atoms with Crippen LogP contribution in [0.3, 0.4) is 0 Å². The van der Waals surface area contributed by atoms with E-state index in [0.29, 0.717) is 5.75 Å². The summed E-state index contributed by atoms with van der Waals surface area (Å²) in [4.78, 5) is 7.81. The van der Waals surface area contributed by atoms with Gasteiger partial charge in [-0.1, -0.05) is 11.8 Å². The Balaban J connectivity index is 2.52. The molecule has 0 aliphatic carbocycles. The van der Waals surface area contributed by atoms with Crippen LogP contribution in [0.15, 0.2) is 23.6 Å². The van der Waals surface area contributed by atoms with Gasteiger partial charge in [-0.15, -0.1) is 0 Å². The Bertz CT molecular complexity index is 228. The van der Waals surface area contributed by atoms with Crippen molar-refractivity contribution in [2.45, 2.75) is 5.03 Å². The lowest BCUT2D eigenvalue weighted by Crippen LogP contribution is -1.80. The Morgan fingerprint density at radius 2 is 2.50 bits per heavy atom. The normalized spacial score (nSPS) is 8.70. The highest BCUT2D eigenvalue weighted by molar-refractivity contribution is 7.99. The average Bonchev–Trinajstić information content (AvgIpc) is 2.03. The van der Waals surface area contributed by atoms with Crippen molar-refractivity contribution in [1.82, 2.24) is 9.97 Å². The maximum Gasteiger partial charge on any atom is 0.115 e. The summed E-state index contributed by atoms with van der Waals surface area (Å²) in [5.74, 6) is 0.429. The summed E-state index contributed by atoms with van der Waals surface area (Å²) >= 11 is 1.39. The van der Waals surface area contributed by atoms with Gasteiger partial charge in [0.25, 0.3) is 0 Å². The van der Waals surface area contributed by atoms with Crippen molar-refractivity contribution >= 4 is 11.8 Å². The molecule has 0 aromatic carbocycles. The largest absolute Gasteiger partial charge is 0.260 e. The topological polar surface area (TPSA) is 49.6 Å². The summed E-state index contributed by atoms with van der Waals surface area (Å²) in [6.45, 7) is 0. The number of aromatic nitrogens is 2. The third-order valence-electron chi connectivity index (χ3n) is 0.824. The molecule has 0 aliphatic heterocycles. The minimum absolute atomic E-state index is 0.429. The third-order valence-corrected chi connectivity index (χ3v) is 1.60. The Hall–Kier alpha value is -1.08. The molecule has 50 valence electrons. The first-order chi connectivity index (χ1) is 4.93. The van der Waals surface area contributed by atoms with Crippen LogP contribution in [-0.4, -0.2) is 15.7 Å². The highest BCUT2D eigenvalue weighted by atomic mass is 32.2. The molecule has 0 spiro atoms. The van der Waals surface area contributed by atoms with E-state index >= 15 is 0 Å². The maximum atomic E-state index is 8.21. The number of nitrogens with zero attached hydrogens (tertiary/aromatic N) is 3. The second-order valence-electron chi connectivity index (χ2n) is 1.49. The highest BCUT2D eigenvalue weighted by Gasteiger charge is 1.90. The summed E-state index contributed by atoms with van der Waals surface area (Å²) in [5, 5.41) is 9.00. The summed E-state index contributed by atoms with van der Waals surface area (Å²) < 4.78 is 0. The van der Waals surface area contributed by atoms with Gasteiger partial charge in [-0.2, -0.15) is 5.26 Å². The quantitative estimate of drug-likeness (QED) is 0.594. The van der Waals surface area contributed by atoms with Crippen molar-refractivity contribution in [3.05, 3.63) is 18.6 Å². The summed E-state index contributed by atoms with van der Waals surface area (Å²) in [6.07, 6.45) is 4.86. The molecule has 0 saturated carbocycles. The van der Waals surface area contributed by atoms with E-state index in [9.17, 15) is 0 Å². The van der Waals surface area contributed by atoms with E-state index < -0.39 is 0 Å². The van der Waals surface area contributed by atoms with Crippen LogP contribution >= 0.6 is 11.8 Å². The average molecular weight is 151 g/mol. The lowest BCUT2D eigenvalue weighted by molar-refractivity contribution is 1.06. The van der Waals surface area contributed by atoms with Crippen LogP contribution in [0, 0.1) is 11.3 Å². The van der Waals surface area contributed by atoms with E-state index in [1.807, 2.05) is 6.07 Å². The molecule has 0 amide bonds. The Morgan fingerprint density at radius 3 is 3.10 bits per heavy atom. The molecule has 0 bridgehead atoms. The van der Waals surface area contributed by atoms with E-state index in [2.05, 4.69) is 9.97 Å². The maximum absolute atomic E-state index is 8.21. The van der Waals surface area contributed by atoms with E-state index in [0.717, 1.165) is 5.03 Å². The number of hydrogen-bond acceptors (Lipinski definition) is 4. The van der Waals surface area contributed by atoms with Gasteiger partial charge < -0.3 is 0 Å². The standard InChI is InChI=1S/C6H5N3S/c7-1-4-10-6-5-8-2-3-9-6/h2-3,5H,4H2. The van der Waals surface area contributed by atoms with Gasteiger partial charge in [0.1, 0.15) is 5.03 Å². The van der Waals surface area contributed by atoms with E-state index in [4.69, 9.17) is 5.26 Å². The Labute approximate surface area is 63.1 Å². The van der Waals surface area contributed by atoms with Crippen molar-refractivity contribution in [3.8, 4) is 6.07 Å². The Kier molecular flexibility index (Phi) is 2.71. The van der Waals surface area contributed by atoms with Crippen molar-refractivity contribution in [2.75, 3.05) is 5.75 Å². The number of hydrogen-bond donors (Lipinski definition) is 0. The van der Waals surface area contributed by atoms with Crippen LogP contribution in [0.4, 0.5) is 0 Å². The fraction of sp³-hybridized carbons (Fsp3) is 0.167. The molecule has 1 aromatic heterocycles. The van der Waals surface area contributed by atoms with E-state index in [-0.39, 0.29) is 0 Å². The zero-order chi connectivity index (χ0) is 7.23. The van der Waals surface area contributed by atoms with Crippen LogP contribution in [0.1, 0.15) is 0 Å². The van der Waals surface area contributed by atoms with Crippen molar-refractivity contribution in [3.63, 3.8) is 0 Å². The Morgan fingerprint density at radius 1 is 1.60 bits per heavy atom. The molecule has 1 aromatic rings. The molecular weight excluding hydrogens is 146 g/mol. The molecule has 0 radical (unpaired) electrons. The molecule has 4 heteroatoms. The molecule has 0 unspecified atom stereocenters. The first-order valence-electron chi connectivity index (χ1n) is 2.69. The zero-order valence-corrected chi connectivity index (χ0v) is 6.01. The minimum atomic E-state index is 0.429. The number of rotatable bonds is 2. The molecule has 0 saturated heterocycles. The van der Waals surface area contributed by atoms with E-state index in [1.54, 1.807) is 18.6 Å². The highest BCUT2D eigenvalue weighted by Crippen LogP contribution is 2.10. The smallest absolute Gasteiger partial charge is 0.115 e. The summed E-state index contributed by atoms with van der Waals surface area (Å²) in [5.41, 5.74) is 0. The van der Waals surface area contributed by atoms with E-state index in [1.165, 1.54) is 11.8 Å². The predicted molar refractivity (Wildman–Crippen MR) is 38.4 cm³/mol. The van der Waals surface area contributed by atoms with Crippen LogP contribution < -0.4 is 0 Å². The molecule has 10 heavy (non-hydrogen) atoms. The van der Waals surface area contributed by atoms with Crippen LogP contribution in [0.25, 0.3) is 0 Å². The fourth-order valence-electron chi connectivity index (χ4n) is 0.466.